The molecule has 1 aliphatic rings. The molecule has 2 aromatic rings. The predicted molar refractivity (Wildman–Crippen MR) is 71.2 cm³/mol. The van der Waals surface area contributed by atoms with Crippen LogP contribution in [-0.2, 0) is 6.42 Å². The number of hydrogen-bond donors (Lipinski definition) is 0. The van der Waals surface area contributed by atoms with Gasteiger partial charge >= 0.3 is 0 Å². The van der Waals surface area contributed by atoms with Crippen molar-refractivity contribution < 1.29 is 18.3 Å². The van der Waals surface area contributed by atoms with E-state index in [0.717, 1.165) is 5.56 Å². The molecule has 1 aliphatic heterocycles. The number of benzene rings is 2. The van der Waals surface area contributed by atoms with Crippen molar-refractivity contribution in [3.63, 3.8) is 0 Å². The third-order valence-electron chi connectivity index (χ3n) is 3.33. The van der Waals surface area contributed by atoms with Crippen LogP contribution in [0.4, 0.5) is 8.78 Å². The third-order valence-corrected chi connectivity index (χ3v) is 3.33. The zero-order chi connectivity index (χ0) is 14.1. The Morgan fingerprint density at radius 3 is 2.85 bits per heavy atom. The molecule has 20 heavy (non-hydrogen) atoms. The largest absolute Gasteiger partial charge is 0.490 e. The van der Waals surface area contributed by atoms with E-state index in [-0.39, 0.29) is 17.7 Å². The molecule has 2 nitrogen and oxygen atoms in total. The summed E-state index contributed by atoms with van der Waals surface area (Å²) >= 11 is 0. The van der Waals surface area contributed by atoms with Crippen LogP contribution in [0.15, 0.2) is 36.4 Å². The van der Waals surface area contributed by atoms with Gasteiger partial charge in [0.2, 0.25) is 0 Å². The van der Waals surface area contributed by atoms with Gasteiger partial charge in [0.1, 0.15) is 35.8 Å². The van der Waals surface area contributed by atoms with E-state index in [1.807, 2.05) is 0 Å². The molecule has 1 atom stereocenters. The fraction of sp³-hybridized carbons (Fsp3) is 0.250. The number of rotatable bonds is 3. The quantitative estimate of drug-likeness (QED) is 0.851. The normalized spacial score (nSPS) is 16.6. The summed E-state index contributed by atoms with van der Waals surface area (Å²) < 4.78 is 37.5. The Morgan fingerprint density at radius 1 is 1.20 bits per heavy atom. The summed E-state index contributed by atoms with van der Waals surface area (Å²) in [5.74, 6) is 0.797. The Morgan fingerprint density at radius 2 is 2.05 bits per heavy atom. The maximum atomic E-state index is 13.1. The maximum absolute atomic E-state index is 13.1. The molecule has 0 fully saturated rings. The Labute approximate surface area is 116 Å². The first kappa shape index (κ1) is 12.9. The van der Waals surface area contributed by atoms with Gasteiger partial charge in [0.05, 0.1) is 0 Å². The monoisotopic (exact) mass is 276 g/mol. The van der Waals surface area contributed by atoms with Crippen LogP contribution in [-0.4, -0.2) is 12.7 Å². The van der Waals surface area contributed by atoms with E-state index in [9.17, 15) is 8.78 Å². The van der Waals surface area contributed by atoms with Crippen molar-refractivity contribution in [2.75, 3.05) is 6.61 Å². The number of halogens is 2. The molecule has 0 bridgehead atoms. The highest BCUT2D eigenvalue weighted by molar-refractivity contribution is 5.38. The molecule has 2 aromatic carbocycles. The Balaban J connectivity index is 1.62. The first-order chi connectivity index (χ1) is 9.61. The van der Waals surface area contributed by atoms with Gasteiger partial charge in [0.15, 0.2) is 0 Å². The second kappa shape index (κ2) is 5.12. The van der Waals surface area contributed by atoms with Crippen molar-refractivity contribution in [3.05, 3.63) is 59.2 Å². The molecule has 0 N–H and O–H groups in total. The molecule has 0 aromatic heterocycles. The van der Waals surface area contributed by atoms with Gasteiger partial charge in [-0.3, -0.25) is 0 Å². The zero-order valence-corrected chi connectivity index (χ0v) is 11.0. The van der Waals surface area contributed by atoms with Gasteiger partial charge in [0, 0.05) is 12.0 Å². The number of fused-ring (bicyclic) bond motifs is 1. The maximum Gasteiger partial charge on any atom is 0.137 e. The fourth-order valence-corrected chi connectivity index (χ4v) is 2.28. The van der Waals surface area contributed by atoms with E-state index in [0.29, 0.717) is 30.1 Å². The van der Waals surface area contributed by atoms with Crippen molar-refractivity contribution in [2.45, 2.75) is 19.4 Å². The van der Waals surface area contributed by atoms with Crippen LogP contribution in [0, 0.1) is 18.6 Å². The summed E-state index contributed by atoms with van der Waals surface area (Å²) in [6.45, 7) is 2.04. The molecule has 1 heterocycles. The van der Waals surface area contributed by atoms with Crippen LogP contribution < -0.4 is 9.47 Å². The number of aryl methyl sites for hydroxylation is 1. The average Bonchev–Trinajstić information content (AvgIpc) is 2.82. The summed E-state index contributed by atoms with van der Waals surface area (Å²) in [5, 5.41) is 0. The lowest BCUT2D eigenvalue weighted by molar-refractivity contribution is 0.148. The summed E-state index contributed by atoms with van der Waals surface area (Å²) in [5.41, 5.74) is 1.40. The highest BCUT2D eigenvalue weighted by Gasteiger charge is 2.23. The Bertz CT molecular complexity index is 640. The van der Waals surface area contributed by atoms with E-state index in [1.54, 1.807) is 25.1 Å². The van der Waals surface area contributed by atoms with Gasteiger partial charge in [0.25, 0.3) is 0 Å². The van der Waals surface area contributed by atoms with E-state index in [1.165, 1.54) is 18.2 Å². The molecule has 0 amide bonds. The van der Waals surface area contributed by atoms with Gasteiger partial charge in [-0.2, -0.15) is 0 Å². The molecule has 3 rings (SSSR count). The number of hydrogen-bond acceptors (Lipinski definition) is 2. The summed E-state index contributed by atoms with van der Waals surface area (Å²) in [6.07, 6.45) is 0.477. The molecule has 0 saturated carbocycles. The highest BCUT2D eigenvalue weighted by atomic mass is 19.1. The van der Waals surface area contributed by atoms with Crippen molar-refractivity contribution in [2.24, 2.45) is 0 Å². The van der Waals surface area contributed by atoms with Crippen LogP contribution in [0.5, 0.6) is 11.5 Å². The summed E-state index contributed by atoms with van der Waals surface area (Å²) in [7, 11) is 0. The Hall–Kier alpha value is -2.10. The van der Waals surface area contributed by atoms with Crippen molar-refractivity contribution in [1.82, 2.24) is 0 Å². The minimum absolute atomic E-state index is 0.142. The van der Waals surface area contributed by atoms with E-state index in [2.05, 4.69) is 0 Å². The molecular formula is C16H14F2O2. The lowest BCUT2D eigenvalue weighted by atomic mass is 10.1. The molecule has 0 radical (unpaired) electrons. The van der Waals surface area contributed by atoms with Crippen LogP contribution in [0.25, 0.3) is 0 Å². The van der Waals surface area contributed by atoms with E-state index in [4.69, 9.17) is 9.47 Å². The van der Waals surface area contributed by atoms with Crippen LogP contribution >= 0.6 is 0 Å². The smallest absolute Gasteiger partial charge is 0.137 e. The van der Waals surface area contributed by atoms with Gasteiger partial charge in [-0.05, 0) is 48.9 Å². The Kier molecular flexibility index (Phi) is 3.30. The molecular weight excluding hydrogens is 262 g/mol. The molecule has 4 heteroatoms. The lowest BCUT2D eigenvalue weighted by Crippen LogP contribution is -2.22. The standard InChI is InChI=1S/C16H14F2O2/c1-10-6-13(3-4-15(10)18)19-9-14-8-11-7-12(17)2-5-16(11)20-14/h2-7,14H,8-9H2,1H3. The molecule has 0 aliphatic carbocycles. The van der Waals surface area contributed by atoms with Gasteiger partial charge in [-0.25, -0.2) is 8.78 Å². The number of ether oxygens (including phenoxy) is 2. The van der Waals surface area contributed by atoms with Gasteiger partial charge in [-0.1, -0.05) is 0 Å². The van der Waals surface area contributed by atoms with Gasteiger partial charge in [-0.15, -0.1) is 0 Å². The lowest BCUT2D eigenvalue weighted by Gasteiger charge is -2.12. The average molecular weight is 276 g/mol. The zero-order valence-electron chi connectivity index (χ0n) is 11.0. The summed E-state index contributed by atoms with van der Waals surface area (Å²) in [6, 6.07) is 9.11. The second-order valence-corrected chi connectivity index (χ2v) is 4.92. The van der Waals surface area contributed by atoms with Crippen LogP contribution in [0.2, 0.25) is 0 Å². The second-order valence-electron chi connectivity index (χ2n) is 4.92. The van der Waals surface area contributed by atoms with Gasteiger partial charge < -0.3 is 9.47 Å². The summed E-state index contributed by atoms with van der Waals surface area (Å²) in [4.78, 5) is 0. The van der Waals surface area contributed by atoms with Crippen molar-refractivity contribution >= 4 is 0 Å². The van der Waals surface area contributed by atoms with Crippen molar-refractivity contribution in [1.29, 1.82) is 0 Å². The topological polar surface area (TPSA) is 18.5 Å². The first-order valence-corrected chi connectivity index (χ1v) is 6.46. The fourth-order valence-electron chi connectivity index (χ4n) is 2.28. The van der Waals surface area contributed by atoms with Crippen LogP contribution in [0.3, 0.4) is 0 Å². The predicted octanol–water partition coefficient (Wildman–Crippen LogP) is 3.66. The third kappa shape index (κ3) is 2.59. The van der Waals surface area contributed by atoms with E-state index < -0.39 is 0 Å². The van der Waals surface area contributed by atoms with E-state index >= 15 is 0 Å². The molecule has 104 valence electrons. The molecule has 0 saturated heterocycles. The van der Waals surface area contributed by atoms with Crippen LogP contribution in [0.1, 0.15) is 11.1 Å². The SMILES string of the molecule is Cc1cc(OCC2Cc3cc(F)ccc3O2)ccc1F. The molecule has 0 spiro atoms. The minimum Gasteiger partial charge on any atom is -0.490 e. The molecule has 1 unspecified atom stereocenters. The minimum atomic E-state index is -0.261. The highest BCUT2D eigenvalue weighted by Crippen LogP contribution is 2.29. The first-order valence-electron chi connectivity index (χ1n) is 6.46. The van der Waals surface area contributed by atoms with Crippen molar-refractivity contribution in [3.8, 4) is 11.5 Å².